The Balaban J connectivity index is 1.49. The van der Waals surface area contributed by atoms with Gasteiger partial charge < -0.3 is 9.88 Å². The van der Waals surface area contributed by atoms with Crippen LogP contribution in [0.25, 0.3) is 5.69 Å². The molecule has 1 saturated carbocycles. The van der Waals surface area contributed by atoms with Crippen LogP contribution >= 0.6 is 0 Å². The van der Waals surface area contributed by atoms with Crippen molar-refractivity contribution in [1.82, 2.24) is 19.3 Å². The minimum Gasteiger partial charge on any atom is -0.379 e. The maximum absolute atomic E-state index is 4.26. The van der Waals surface area contributed by atoms with E-state index >= 15 is 0 Å². The largest absolute Gasteiger partial charge is 0.379 e. The maximum atomic E-state index is 4.26. The Morgan fingerprint density at radius 2 is 2.19 bits per heavy atom. The summed E-state index contributed by atoms with van der Waals surface area (Å²) < 4.78 is 4.14. The molecule has 1 aliphatic carbocycles. The van der Waals surface area contributed by atoms with Crippen LogP contribution in [0.4, 0.5) is 5.69 Å². The molecule has 0 unspecified atom stereocenters. The molecule has 2 heterocycles. The van der Waals surface area contributed by atoms with E-state index in [4.69, 9.17) is 0 Å². The van der Waals surface area contributed by atoms with Gasteiger partial charge in [0.15, 0.2) is 0 Å². The quantitative estimate of drug-likeness (QED) is 0.781. The highest BCUT2D eigenvalue weighted by Gasteiger charge is 2.24. The Labute approximate surface area is 123 Å². The van der Waals surface area contributed by atoms with E-state index in [2.05, 4.69) is 32.1 Å². The van der Waals surface area contributed by atoms with Crippen molar-refractivity contribution in [2.45, 2.75) is 25.4 Å². The van der Waals surface area contributed by atoms with Crippen LogP contribution in [0.1, 0.15) is 24.6 Å². The third kappa shape index (κ3) is 2.54. The lowest BCUT2D eigenvalue weighted by molar-refractivity contribution is 0.701. The van der Waals surface area contributed by atoms with Crippen LogP contribution in [0.5, 0.6) is 0 Å². The number of anilines is 1. The molecule has 0 radical (unpaired) electrons. The van der Waals surface area contributed by atoms with Gasteiger partial charge in [0.2, 0.25) is 0 Å². The van der Waals surface area contributed by atoms with E-state index in [1.165, 1.54) is 18.5 Å². The monoisotopic (exact) mass is 279 g/mol. The first-order valence-electron chi connectivity index (χ1n) is 7.25. The van der Waals surface area contributed by atoms with Crippen LogP contribution in [-0.2, 0) is 6.54 Å². The fraction of sp³-hybridized carbons (Fsp3) is 0.250. The van der Waals surface area contributed by atoms with Crippen molar-refractivity contribution >= 4 is 5.69 Å². The molecule has 2 aromatic heterocycles. The standard InChI is InChI=1S/C16H17N5/c1-3-13(9-15(4-1)21-8-2-7-19-21)18-11-16-10-17-12-20(16)14-5-6-14/h1-4,7-10,12,14,18H,5-6,11H2. The second-order valence-electron chi connectivity index (χ2n) is 5.38. The van der Waals surface area contributed by atoms with Gasteiger partial charge in [-0.3, -0.25) is 0 Å². The first kappa shape index (κ1) is 12.2. The molecule has 0 saturated heterocycles. The fourth-order valence-electron chi connectivity index (χ4n) is 2.52. The molecule has 3 aromatic rings. The van der Waals surface area contributed by atoms with Crippen LogP contribution in [0.2, 0.25) is 0 Å². The number of benzene rings is 1. The fourth-order valence-corrected chi connectivity index (χ4v) is 2.52. The van der Waals surface area contributed by atoms with Crippen molar-refractivity contribution in [1.29, 1.82) is 0 Å². The molecule has 1 aromatic carbocycles. The second-order valence-corrected chi connectivity index (χ2v) is 5.38. The van der Waals surface area contributed by atoms with Gasteiger partial charge in [-0.1, -0.05) is 6.07 Å². The van der Waals surface area contributed by atoms with Crippen LogP contribution in [0.15, 0.2) is 55.2 Å². The zero-order chi connectivity index (χ0) is 14.1. The molecule has 1 fully saturated rings. The summed E-state index contributed by atoms with van der Waals surface area (Å²) in [6.07, 6.45) is 10.2. The molecule has 5 heteroatoms. The van der Waals surface area contributed by atoms with Gasteiger partial charge in [0.1, 0.15) is 0 Å². The Bertz CT molecular complexity index is 725. The van der Waals surface area contributed by atoms with Gasteiger partial charge in [0, 0.05) is 30.3 Å². The van der Waals surface area contributed by atoms with Gasteiger partial charge in [0.25, 0.3) is 0 Å². The van der Waals surface area contributed by atoms with Crippen molar-refractivity contribution in [3.05, 3.63) is 60.9 Å². The van der Waals surface area contributed by atoms with Crippen LogP contribution < -0.4 is 5.32 Å². The number of hydrogen-bond acceptors (Lipinski definition) is 3. The summed E-state index contributed by atoms with van der Waals surface area (Å²) in [5, 5.41) is 7.73. The number of hydrogen-bond donors (Lipinski definition) is 1. The minimum absolute atomic E-state index is 0.666. The van der Waals surface area contributed by atoms with E-state index in [1.807, 2.05) is 41.6 Å². The molecule has 0 bridgehead atoms. The lowest BCUT2D eigenvalue weighted by atomic mass is 10.2. The lowest BCUT2D eigenvalue weighted by Gasteiger charge is -2.10. The van der Waals surface area contributed by atoms with Crippen molar-refractivity contribution in [3.63, 3.8) is 0 Å². The van der Waals surface area contributed by atoms with Crippen LogP contribution in [-0.4, -0.2) is 19.3 Å². The predicted molar refractivity (Wildman–Crippen MR) is 81.4 cm³/mol. The van der Waals surface area contributed by atoms with E-state index in [-0.39, 0.29) is 0 Å². The summed E-state index contributed by atoms with van der Waals surface area (Å²) in [5.41, 5.74) is 3.38. The molecule has 0 amide bonds. The van der Waals surface area contributed by atoms with Crippen LogP contribution in [0.3, 0.4) is 0 Å². The minimum atomic E-state index is 0.666. The molecule has 0 aliphatic heterocycles. The van der Waals surface area contributed by atoms with Gasteiger partial charge in [-0.15, -0.1) is 0 Å². The summed E-state index contributed by atoms with van der Waals surface area (Å²) in [6, 6.07) is 10.9. The summed E-state index contributed by atoms with van der Waals surface area (Å²) in [7, 11) is 0. The smallest absolute Gasteiger partial charge is 0.0951 e. The van der Waals surface area contributed by atoms with Gasteiger partial charge in [-0.05, 0) is 37.1 Å². The van der Waals surface area contributed by atoms with Gasteiger partial charge in [-0.25, -0.2) is 9.67 Å². The predicted octanol–water partition coefficient (Wildman–Crippen LogP) is 3.02. The molecular weight excluding hydrogens is 262 g/mol. The Kier molecular flexibility index (Phi) is 2.96. The Morgan fingerprint density at radius 1 is 1.24 bits per heavy atom. The number of nitrogens with zero attached hydrogens (tertiary/aromatic N) is 4. The average Bonchev–Trinajstić information content (AvgIpc) is 3.04. The summed E-state index contributed by atoms with van der Waals surface area (Å²) in [4.78, 5) is 4.26. The van der Waals surface area contributed by atoms with E-state index < -0.39 is 0 Å². The van der Waals surface area contributed by atoms with E-state index in [9.17, 15) is 0 Å². The maximum Gasteiger partial charge on any atom is 0.0951 e. The first-order valence-corrected chi connectivity index (χ1v) is 7.25. The van der Waals surface area contributed by atoms with Crippen LogP contribution in [0, 0.1) is 0 Å². The highest BCUT2D eigenvalue weighted by atomic mass is 15.3. The normalized spacial score (nSPS) is 14.3. The zero-order valence-corrected chi connectivity index (χ0v) is 11.7. The molecule has 5 nitrogen and oxygen atoms in total. The molecule has 0 spiro atoms. The van der Waals surface area contributed by atoms with Gasteiger partial charge >= 0.3 is 0 Å². The third-order valence-electron chi connectivity index (χ3n) is 3.78. The number of imidazole rings is 1. The number of nitrogens with one attached hydrogen (secondary N) is 1. The Morgan fingerprint density at radius 3 is 3.00 bits per heavy atom. The zero-order valence-electron chi connectivity index (χ0n) is 11.7. The molecule has 1 aliphatic rings. The first-order chi connectivity index (χ1) is 10.4. The SMILES string of the molecule is c1cc(NCc2cncn2C2CC2)cc(-n2cccn2)c1. The van der Waals surface area contributed by atoms with Gasteiger partial charge in [0.05, 0.1) is 24.3 Å². The van der Waals surface area contributed by atoms with E-state index in [1.54, 1.807) is 6.20 Å². The number of rotatable bonds is 5. The van der Waals surface area contributed by atoms with Crippen molar-refractivity contribution in [2.24, 2.45) is 0 Å². The van der Waals surface area contributed by atoms with Gasteiger partial charge in [-0.2, -0.15) is 5.10 Å². The van der Waals surface area contributed by atoms with Crippen molar-refractivity contribution in [2.75, 3.05) is 5.32 Å². The number of aromatic nitrogens is 4. The van der Waals surface area contributed by atoms with Crippen molar-refractivity contribution in [3.8, 4) is 5.69 Å². The van der Waals surface area contributed by atoms with Crippen molar-refractivity contribution < 1.29 is 0 Å². The lowest BCUT2D eigenvalue weighted by Crippen LogP contribution is -2.06. The molecular formula is C16H17N5. The Hall–Kier alpha value is -2.56. The summed E-state index contributed by atoms with van der Waals surface area (Å²) in [6.45, 7) is 0.791. The molecule has 0 atom stereocenters. The molecule has 21 heavy (non-hydrogen) atoms. The molecule has 4 rings (SSSR count). The highest BCUT2D eigenvalue weighted by Crippen LogP contribution is 2.35. The third-order valence-corrected chi connectivity index (χ3v) is 3.78. The van der Waals surface area contributed by atoms with E-state index in [0.717, 1.165) is 17.9 Å². The summed E-state index contributed by atoms with van der Waals surface area (Å²) >= 11 is 0. The summed E-state index contributed by atoms with van der Waals surface area (Å²) in [5.74, 6) is 0. The molecule has 1 N–H and O–H groups in total. The topological polar surface area (TPSA) is 47.7 Å². The van der Waals surface area contributed by atoms with E-state index in [0.29, 0.717) is 6.04 Å². The average molecular weight is 279 g/mol. The molecule has 106 valence electrons. The highest BCUT2D eigenvalue weighted by molar-refractivity contribution is 5.50. The second kappa shape index (κ2) is 5.09.